The smallest absolute Gasteiger partial charge is 0.160 e. The summed E-state index contributed by atoms with van der Waals surface area (Å²) in [6, 6.07) is 39.0. The second-order valence-electron chi connectivity index (χ2n) is 8.20. The van der Waals surface area contributed by atoms with Crippen molar-refractivity contribution < 1.29 is 0 Å². The molecule has 0 aliphatic carbocycles. The lowest BCUT2D eigenvalue weighted by Crippen LogP contribution is -1.99. The molecule has 6 aromatic rings. The van der Waals surface area contributed by atoms with Gasteiger partial charge in [0, 0.05) is 27.8 Å². The fourth-order valence-corrected chi connectivity index (χ4v) is 5.37. The second kappa shape index (κ2) is 9.29. The molecule has 0 saturated heterocycles. The fraction of sp³-hybridized carbons (Fsp3) is 0. The molecule has 0 radical (unpaired) electrons. The van der Waals surface area contributed by atoms with Crippen molar-refractivity contribution >= 4 is 45.1 Å². The zero-order chi connectivity index (χ0) is 23.8. The van der Waals surface area contributed by atoms with Crippen LogP contribution in [-0.4, -0.2) is 14.5 Å². The number of rotatable bonds is 4. The molecule has 4 aromatic carbocycles. The van der Waals surface area contributed by atoms with Gasteiger partial charge in [-0.25, -0.2) is 9.97 Å². The molecule has 0 bridgehead atoms. The molecule has 2 heterocycles. The molecule has 2 aromatic heterocycles. The van der Waals surface area contributed by atoms with E-state index in [1.807, 2.05) is 54.6 Å². The first-order valence-electron chi connectivity index (χ1n) is 11.2. The van der Waals surface area contributed by atoms with E-state index in [1.54, 1.807) is 0 Å². The molecule has 0 N–H and O–H groups in total. The predicted molar refractivity (Wildman–Crippen MR) is 153 cm³/mol. The van der Waals surface area contributed by atoms with E-state index in [0.29, 0.717) is 5.82 Å². The van der Waals surface area contributed by atoms with Crippen LogP contribution in [0.25, 0.3) is 50.5 Å². The lowest BCUT2D eigenvalue weighted by atomic mass is 10.1. The molecule has 0 spiro atoms. The zero-order valence-corrected chi connectivity index (χ0v) is 21.5. The molecule has 35 heavy (non-hydrogen) atoms. The molecular weight excluding hydrogens is 565 g/mol. The summed E-state index contributed by atoms with van der Waals surface area (Å²) in [7, 11) is 0. The average molecular weight is 584 g/mol. The minimum absolute atomic E-state index is 0.685. The Bertz CT molecular complexity index is 1600. The van der Waals surface area contributed by atoms with Gasteiger partial charge in [-0.2, -0.15) is 0 Å². The summed E-state index contributed by atoms with van der Waals surface area (Å²) >= 11 is 8.99. The van der Waals surface area contributed by atoms with E-state index in [4.69, 9.17) is 21.6 Å². The Morgan fingerprint density at radius 2 is 1.17 bits per heavy atom. The van der Waals surface area contributed by atoms with E-state index in [1.165, 1.54) is 0 Å². The first kappa shape index (κ1) is 22.0. The molecule has 0 atom stereocenters. The number of aromatic nitrogens is 3. The lowest BCUT2D eigenvalue weighted by molar-refractivity contribution is 1.09. The lowest BCUT2D eigenvalue weighted by Gasteiger charge is -2.12. The van der Waals surface area contributed by atoms with Gasteiger partial charge in [-0.05, 0) is 46.9 Å². The van der Waals surface area contributed by atoms with Gasteiger partial charge in [0.2, 0.25) is 0 Å². The predicted octanol–water partition coefficient (Wildman–Crippen LogP) is 8.68. The van der Waals surface area contributed by atoms with E-state index in [9.17, 15) is 0 Å². The van der Waals surface area contributed by atoms with Crippen LogP contribution in [0.1, 0.15) is 0 Å². The molecule has 3 nitrogen and oxygen atoms in total. The average Bonchev–Trinajstić information content (AvgIpc) is 3.19. The van der Waals surface area contributed by atoms with Gasteiger partial charge in [-0.3, -0.25) is 0 Å². The van der Waals surface area contributed by atoms with Crippen molar-refractivity contribution in [3.05, 3.63) is 124 Å². The quantitative estimate of drug-likeness (QED) is 0.194. The van der Waals surface area contributed by atoms with Crippen LogP contribution in [0, 0.1) is 3.70 Å². The maximum Gasteiger partial charge on any atom is 0.160 e. The first-order chi connectivity index (χ1) is 17.2. The van der Waals surface area contributed by atoms with Gasteiger partial charge in [0.25, 0.3) is 0 Å². The standard InChI is InChI=1S/C30H19ClIN3/c31-28-24-16-7-8-17-27(24)35(29(28)32)23-15-9-14-22(18-23)30-33-25(20-10-3-1-4-11-20)19-26(34-30)21-12-5-2-6-13-21/h1-19H. The van der Waals surface area contributed by atoms with Crippen molar-refractivity contribution in [2.75, 3.05) is 0 Å². The highest BCUT2D eigenvalue weighted by Gasteiger charge is 2.16. The van der Waals surface area contributed by atoms with Crippen molar-refractivity contribution in [3.8, 4) is 39.6 Å². The minimum atomic E-state index is 0.685. The number of halogens is 2. The Labute approximate surface area is 222 Å². The Morgan fingerprint density at radius 1 is 0.600 bits per heavy atom. The van der Waals surface area contributed by atoms with E-state index < -0.39 is 0 Å². The van der Waals surface area contributed by atoms with Crippen LogP contribution in [0.2, 0.25) is 5.02 Å². The van der Waals surface area contributed by atoms with Gasteiger partial charge in [-0.1, -0.05) is 103 Å². The summed E-state index contributed by atoms with van der Waals surface area (Å²) in [5.41, 5.74) is 6.94. The van der Waals surface area contributed by atoms with E-state index in [-0.39, 0.29) is 0 Å². The summed E-state index contributed by atoms with van der Waals surface area (Å²) in [4.78, 5) is 9.95. The molecule has 0 amide bonds. The van der Waals surface area contributed by atoms with Crippen LogP contribution in [0.3, 0.4) is 0 Å². The number of para-hydroxylation sites is 1. The normalized spacial score (nSPS) is 11.1. The molecule has 6 rings (SSSR count). The number of nitrogens with zero attached hydrogens (tertiary/aromatic N) is 3. The SMILES string of the molecule is Clc1c(I)n(-c2cccc(-c3nc(-c4ccccc4)cc(-c4ccccc4)n3)c2)c2ccccc12. The number of benzene rings is 4. The Balaban J connectivity index is 1.54. The molecule has 0 aliphatic rings. The molecule has 0 fully saturated rings. The maximum absolute atomic E-state index is 6.68. The third-order valence-electron chi connectivity index (χ3n) is 5.99. The van der Waals surface area contributed by atoms with Crippen LogP contribution in [-0.2, 0) is 0 Å². The van der Waals surface area contributed by atoms with Crippen molar-refractivity contribution in [3.63, 3.8) is 0 Å². The van der Waals surface area contributed by atoms with Crippen LogP contribution in [0.15, 0.2) is 115 Å². The highest BCUT2D eigenvalue weighted by atomic mass is 127. The second-order valence-corrected chi connectivity index (χ2v) is 9.60. The Hall–Kier alpha value is -3.48. The van der Waals surface area contributed by atoms with Crippen LogP contribution in [0.5, 0.6) is 0 Å². The number of hydrogen-bond acceptors (Lipinski definition) is 2. The third kappa shape index (κ3) is 4.13. The van der Waals surface area contributed by atoms with Gasteiger partial charge >= 0.3 is 0 Å². The Kier molecular flexibility index (Phi) is 5.84. The van der Waals surface area contributed by atoms with Gasteiger partial charge in [0.1, 0.15) is 3.70 Å². The highest BCUT2D eigenvalue weighted by molar-refractivity contribution is 14.1. The Morgan fingerprint density at radius 3 is 1.83 bits per heavy atom. The maximum atomic E-state index is 6.68. The van der Waals surface area contributed by atoms with Crippen molar-refractivity contribution in [1.82, 2.24) is 14.5 Å². The molecule has 5 heteroatoms. The minimum Gasteiger partial charge on any atom is -0.303 e. The number of fused-ring (bicyclic) bond motifs is 1. The number of hydrogen-bond donors (Lipinski definition) is 0. The van der Waals surface area contributed by atoms with Gasteiger partial charge in [0.15, 0.2) is 5.82 Å². The van der Waals surface area contributed by atoms with Crippen LogP contribution < -0.4 is 0 Å². The molecule has 168 valence electrons. The third-order valence-corrected chi connectivity index (χ3v) is 7.71. The topological polar surface area (TPSA) is 30.7 Å². The summed E-state index contributed by atoms with van der Waals surface area (Å²) in [6.45, 7) is 0. The summed E-state index contributed by atoms with van der Waals surface area (Å²) < 4.78 is 3.16. The van der Waals surface area contributed by atoms with Crippen molar-refractivity contribution in [2.45, 2.75) is 0 Å². The van der Waals surface area contributed by atoms with Crippen molar-refractivity contribution in [2.24, 2.45) is 0 Å². The summed E-state index contributed by atoms with van der Waals surface area (Å²) in [6.07, 6.45) is 0. The monoisotopic (exact) mass is 583 g/mol. The van der Waals surface area contributed by atoms with E-state index in [0.717, 1.165) is 53.4 Å². The largest absolute Gasteiger partial charge is 0.303 e. The first-order valence-corrected chi connectivity index (χ1v) is 12.7. The highest BCUT2D eigenvalue weighted by Crippen LogP contribution is 2.35. The van der Waals surface area contributed by atoms with Gasteiger partial charge in [0.05, 0.1) is 21.9 Å². The summed E-state index contributed by atoms with van der Waals surface area (Å²) in [5.74, 6) is 0.685. The zero-order valence-electron chi connectivity index (χ0n) is 18.6. The van der Waals surface area contributed by atoms with Gasteiger partial charge < -0.3 is 4.57 Å². The molecule has 0 saturated carbocycles. The molecular formula is C30H19ClIN3. The summed E-state index contributed by atoms with van der Waals surface area (Å²) in [5, 5.41) is 1.80. The van der Waals surface area contributed by atoms with E-state index >= 15 is 0 Å². The molecule has 0 unspecified atom stereocenters. The van der Waals surface area contributed by atoms with Crippen LogP contribution >= 0.6 is 34.2 Å². The molecule has 0 aliphatic heterocycles. The van der Waals surface area contributed by atoms with E-state index in [2.05, 4.69) is 87.8 Å². The van der Waals surface area contributed by atoms with Gasteiger partial charge in [-0.15, -0.1) is 0 Å². The fourth-order valence-electron chi connectivity index (χ4n) is 4.30. The van der Waals surface area contributed by atoms with Crippen LogP contribution in [0.4, 0.5) is 0 Å². The van der Waals surface area contributed by atoms with Crippen molar-refractivity contribution in [1.29, 1.82) is 0 Å².